The van der Waals surface area contributed by atoms with Crippen molar-refractivity contribution in [3.05, 3.63) is 61.3 Å². The van der Waals surface area contributed by atoms with Crippen LogP contribution in [0.3, 0.4) is 0 Å². The zero-order valence-corrected chi connectivity index (χ0v) is 13.8. The third kappa shape index (κ3) is 3.38. The Balaban J connectivity index is 1.69. The molecule has 1 aliphatic rings. The number of non-ortho nitro benzene ring substituents is 1. The fourth-order valence-corrected chi connectivity index (χ4v) is 4.01. The van der Waals surface area contributed by atoms with E-state index in [-0.39, 0.29) is 16.6 Å². The summed E-state index contributed by atoms with van der Waals surface area (Å²) >= 11 is 7.80. The minimum absolute atomic E-state index is 0.108. The average Bonchev–Trinajstić information content (AvgIpc) is 3.08. The van der Waals surface area contributed by atoms with E-state index in [4.69, 9.17) is 11.6 Å². The number of hydrogen-bond acceptors (Lipinski definition) is 4. The molecule has 0 unspecified atom stereocenters. The first kappa shape index (κ1) is 16.0. The molecule has 3 rings (SSSR count). The molecule has 1 aliphatic heterocycles. The van der Waals surface area contributed by atoms with Crippen molar-refractivity contribution in [1.29, 1.82) is 0 Å². The summed E-state index contributed by atoms with van der Waals surface area (Å²) in [7, 11) is 0. The number of benzene rings is 1. The maximum atomic E-state index is 12.6. The highest BCUT2D eigenvalue weighted by atomic mass is 35.5. The molecule has 0 saturated carbocycles. The van der Waals surface area contributed by atoms with Gasteiger partial charge in [0.05, 0.1) is 15.5 Å². The molecule has 1 aromatic heterocycles. The highest BCUT2D eigenvalue weighted by Gasteiger charge is 2.26. The van der Waals surface area contributed by atoms with Gasteiger partial charge in [-0.05, 0) is 36.3 Å². The van der Waals surface area contributed by atoms with Gasteiger partial charge in [0, 0.05) is 30.1 Å². The summed E-state index contributed by atoms with van der Waals surface area (Å²) in [6, 6.07) is 8.17. The predicted molar refractivity (Wildman–Crippen MR) is 90.3 cm³/mol. The van der Waals surface area contributed by atoms with Gasteiger partial charge in [0.2, 0.25) is 0 Å². The predicted octanol–water partition coefficient (Wildman–Crippen LogP) is 4.33. The van der Waals surface area contributed by atoms with Crippen molar-refractivity contribution in [2.24, 2.45) is 0 Å². The Morgan fingerprint density at radius 2 is 2.04 bits per heavy atom. The van der Waals surface area contributed by atoms with Gasteiger partial charge in [-0.3, -0.25) is 14.9 Å². The molecule has 0 radical (unpaired) electrons. The maximum absolute atomic E-state index is 12.6. The van der Waals surface area contributed by atoms with Crippen LogP contribution in [0.2, 0.25) is 5.02 Å². The van der Waals surface area contributed by atoms with Crippen molar-refractivity contribution < 1.29 is 9.72 Å². The van der Waals surface area contributed by atoms with Crippen molar-refractivity contribution in [3.8, 4) is 0 Å². The van der Waals surface area contributed by atoms with Gasteiger partial charge in [-0.1, -0.05) is 17.7 Å². The van der Waals surface area contributed by atoms with E-state index in [9.17, 15) is 14.9 Å². The average molecular weight is 351 g/mol. The number of carbonyl (C=O) groups is 1. The Morgan fingerprint density at radius 1 is 1.30 bits per heavy atom. The molecule has 0 bridgehead atoms. The first-order valence-corrected chi connectivity index (χ1v) is 8.58. The molecule has 23 heavy (non-hydrogen) atoms. The standard InChI is InChI=1S/C16H15ClN2O3S/c17-14-10-12(19(21)22)3-4-13(14)16(20)18-7-5-11(6-8-18)15-2-1-9-23-15/h1-4,9-11H,5-8H2. The Bertz CT molecular complexity index is 725. The molecule has 1 fully saturated rings. The highest BCUT2D eigenvalue weighted by Crippen LogP contribution is 2.32. The fourth-order valence-electron chi connectivity index (χ4n) is 2.85. The number of piperidine rings is 1. The highest BCUT2D eigenvalue weighted by molar-refractivity contribution is 7.10. The van der Waals surface area contributed by atoms with Crippen molar-refractivity contribution >= 4 is 34.5 Å². The van der Waals surface area contributed by atoms with Gasteiger partial charge in [-0.25, -0.2) is 0 Å². The van der Waals surface area contributed by atoms with Gasteiger partial charge < -0.3 is 4.90 Å². The SMILES string of the molecule is O=C(c1ccc([N+](=O)[O-])cc1Cl)N1CCC(c2cccs2)CC1. The number of rotatable bonds is 3. The lowest BCUT2D eigenvalue weighted by molar-refractivity contribution is -0.384. The Kier molecular flexibility index (Phi) is 4.63. The fraction of sp³-hybridized carbons (Fsp3) is 0.312. The summed E-state index contributed by atoms with van der Waals surface area (Å²) in [6.07, 6.45) is 1.85. The second kappa shape index (κ2) is 6.68. The van der Waals surface area contributed by atoms with Crippen molar-refractivity contribution in [1.82, 2.24) is 4.90 Å². The number of hydrogen-bond donors (Lipinski definition) is 0. The van der Waals surface area contributed by atoms with Crippen LogP contribution >= 0.6 is 22.9 Å². The van der Waals surface area contributed by atoms with Gasteiger partial charge in [0.15, 0.2) is 0 Å². The topological polar surface area (TPSA) is 63.4 Å². The molecule has 5 nitrogen and oxygen atoms in total. The van der Waals surface area contributed by atoms with Gasteiger partial charge in [-0.15, -0.1) is 11.3 Å². The van der Waals surface area contributed by atoms with Crippen LogP contribution < -0.4 is 0 Å². The van der Waals surface area contributed by atoms with Crippen LogP contribution in [-0.2, 0) is 0 Å². The normalized spacial score (nSPS) is 15.6. The third-order valence-electron chi connectivity index (χ3n) is 4.12. The summed E-state index contributed by atoms with van der Waals surface area (Å²) in [5.74, 6) is 0.348. The van der Waals surface area contributed by atoms with Gasteiger partial charge >= 0.3 is 0 Å². The molecule has 1 aromatic carbocycles. The van der Waals surface area contributed by atoms with E-state index < -0.39 is 4.92 Å². The lowest BCUT2D eigenvalue weighted by Crippen LogP contribution is -2.37. The van der Waals surface area contributed by atoms with E-state index in [0.717, 1.165) is 12.8 Å². The van der Waals surface area contributed by atoms with Gasteiger partial charge in [0.1, 0.15) is 0 Å². The molecule has 120 valence electrons. The lowest BCUT2D eigenvalue weighted by Gasteiger charge is -2.31. The molecule has 0 atom stereocenters. The number of nitro groups is 1. The zero-order valence-electron chi connectivity index (χ0n) is 12.3. The zero-order chi connectivity index (χ0) is 16.4. The number of likely N-dealkylation sites (tertiary alicyclic amines) is 1. The Morgan fingerprint density at radius 3 is 2.61 bits per heavy atom. The second-order valence-corrected chi connectivity index (χ2v) is 6.89. The van der Waals surface area contributed by atoms with Crippen LogP contribution in [0.25, 0.3) is 0 Å². The molecule has 7 heteroatoms. The van der Waals surface area contributed by atoms with Crippen LogP contribution in [0, 0.1) is 10.1 Å². The number of nitro benzene ring substituents is 1. The van der Waals surface area contributed by atoms with Crippen molar-refractivity contribution in [2.45, 2.75) is 18.8 Å². The first-order valence-electron chi connectivity index (χ1n) is 7.33. The molecule has 0 aliphatic carbocycles. The number of amides is 1. The summed E-state index contributed by atoms with van der Waals surface area (Å²) < 4.78 is 0. The van der Waals surface area contributed by atoms with E-state index in [1.165, 1.54) is 23.1 Å². The van der Waals surface area contributed by atoms with Gasteiger partial charge in [-0.2, -0.15) is 0 Å². The number of nitrogens with zero attached hydrogens (tertiary/aromatic N) is 2. The van der Waals surface area contributed by atoms with E-state index in [1.54, 1.807) is 16.2 Å². The summed E-state index contributed by atoms with van der Waals surface area (Å²) in [5.41, 5.74) is 0.217. The Labute approximate surface area is 142 Å². The maximum Gasteiger partial charge on any atom is 0.270 e. The summed E-state index contributed by atoms with van der Waals surface area (Å²) in [6.45, 7) is 1.35. The first-order chi connectivity index (χ1) is 11.1. The van der Waals surface area contributed by atoms with E-state index in [0.29, 0.717) is 24.6 Å². The molecular formula is C16H15ClN2O3S. The number of carbonyl (C=O) groups excluding carboxylic acids is 1. The summed E-state index contributed by atoms with van der Waals surface area (Å²) in [4.78, 5) is 25.9. The molecule has 1 saturated heterocycles. The third-order valence-corrected chi connectivity index (χ3v) is 5.47. The van der Waals surface area contributed by atoms with Crippen LogP contribution in [0.5, 0.6) is 0 Å². The molecule has 2 heterocycles. The monoisotopic (exact) mass is 350 g/mol. The van der Waals surface area contributed by atoms with E-state index in [1.807, 2.05) is 6.07 Å². The largest absolute Gasteiger partial charge is 0.339 e. The van der Waals surface area contributed by atoms with Crippen LogP contribution in [0.1, 0.15) is 34.0 Å². The minimum atomic E-state index is -0.521. The lowest BCUT2D eigenvalue weighted by atomic mass is 9.95. The smallest absolute Gasteiger partial charge is 0.270 e. The molecular weight excluding hydrogens is 336 g/mol. The van der Waals surface area contributed by atoms with Crippen LogP contribution in [-0.4, -0.2) is 28.8 Å². The van der Waals surface area contributed by atoms with Crippen molar-refractivity contribution in [3.63, 3.8) is 0 Å². The molecule has 0 N–H and O–H groups in total. The molecule has 0 spiro atoms. The quantitative estimate of drug-likeness (QED) is 0.611. The second-order valence-electron chi connectivity index (χ2n) is 5.50. The van der Waals surface area contributed by atoms with E-state index >= 15 is 0 Å². The number of thiophene rings is 1. The number of halogens is 1. The minimum Gasteiger partial charge on any atom is -0.339 e. The molecule has 2 aromatic rings. The van der Waals surface area contributed by atoms with E-state index in [2.05, 4.69) is 11.4 Å². The summed E-state index contributed by atoms with van der Waals surface area (Å²) in [5, 5.41) is 12.9. The van der Waals surface area contributed by atoms with Crippen LogP contribution in [0.4, 0.5) is 5.69 Å². The van der Waals surface area contributed by atoms with Crippen LogP contribution in [0.15, 0.2) is 35.7 Å². The Hall–Kier alpha value is -1.92. The molecule has 1 amide bonds. The van der Waals surface area contributed by atoms with Crippen molar-refractivity contribution in [2.75, 3.05) is 13.1 Å². The van der Waals surface area contributed by atoms with Gasteiger partial charge in [0.25, 0.3) is 11.6 Å².